The van der Waals surface area contributed by atoms with E-state index in [-0.39, 0.29) is 17.5 Å². The number of benzene rings is 1. The second-order valence-electron chi connectivity index (χ2n) is 7.05. The minimum atomic E-state index is -0.781. The summed E-state index contributed by atoms with van der Waals surface area (Å²) < 4.78 is 0.982. The van der Waals surface area contributed by atoms with Gasteiger partial charge in [0.2, 0.25) is 0 Å². The van der Waals surface area contributed by atoms with Gasteiger partial charge in [0.15, 0.2) is 0 Å². The van der Waals surface area contributed by atoms with Gasteiger partial charge in [-0.15, -0.1) is 0 Å². The number of aryl methyl sites for hydroxylation is 2. The molecule has 3 aromatic rings. The number of fused-ring (bicyclic) bond motifs is 2. The highest BCUT2D eigenvalue weighted by atomic mass is 79.9. The minimum absolute atomic E-state index is 0.0917. The van der Waals surface area contributed by atoms with Crippen LogP contribution < -0.4 is 16.6 Å². The van der Waals surface area contributed by atoms with Crippen LogP contribution in [0.3, 0.4) is 0 Å². The minimum Gasteiger partial charge on any atom is -0.365 e. The number of H-pyrrole nitrogens is 2. The zero-order chi connectivity index (χ0) is 20.0. The van der Waals surface area contributed by atoms with Gasteiger partial charge in [0.05, 0.1) is 6.04 Å². The van der Waals surface area contributed by atoms with Crippen LogP contribution >= 0.6 is 15.9 Å². The molecule has 0 radical (unpaired) electrons. The van der Waals surface area contributed by atoms with E-state index in [1.165, 1.54) is 6.07 Å². The molecular weight excluding hydrogens is 424 g/mol. The normalized spacial score (nSPS) is 16.0. The molecule has 0 fully saturated rings. The van der Waals surface area contributed by atoms with Crippen molar-refractivity contribution in [1.29, 1.82) is 0 Å². The molecule has 1 aromatic carbocycles. The molecule has 1 atom stereocenters. The molecule has 2 aromatic heterocycles. The Bertz CT molecular complexity index is 1180. The molecule has 7 nitrogen and oxygen atoms in total. The van der Waals surface area contributed by atoms with Crippen molar-refractivity contribution in [3.8, 4) is 0 Å². The van der Waals surface area contributed by atoms with Gasteiger partial charge in [-0.05, 0) is 61.6 Å². The summed E-state index contributed by atoms with van der Waals surface area (Å²) in [6.45, 7) is 1.99. The fourth-order valence-electron chi connectivity index (χ4n) is 3.75. The van der Waals surface area contributed by atoms with Gasteiger partial charge >= 0.3 is 0 Å². The highest BCUT2D eigenvalue weighted by molar-refractivity contribution is 9.10. The van der Waals surface area contributed by atoms with Gasteiger partial charge < -0.3 is 21.0 Å². The second-order valence-corrected chi connectivity index (χ2v) is 7.90. The smallest absolute Gasteiger partial charge is 0.268 e. The molecule has 4 rings (SSSR count). The van der Waals surface area contributed by atoms with E-state index in [2.05, 4.69) is 31.2 Å². The maximum atomic E-state index is 12.9. The topological polar surface area (TPSA) is 121 Å². The Balaban J connectivity index is 1.66. The molecule has 2 amide bonds. The summed E-state index contributed by atoms with van der Waals surface area (Å²) in [6.07, 6.45) is 2.23. The lowest BCUT2D eigenvalue weighted by atomic mass is 9.90. The monoisotopic (exact) mass is 442 g/mol. The first-order valence-corrected chi connectivity index (χ1v) is 9.79. The lowest BCUT2D eigenvalue weighted by Gasteiger charge is -2.26. The van der Waals surface area contributed by atoms with Gasteiger partial charge in [-0.1, -0.05) is 15.9 Å². The lowest BCUT2D eigenvalue weighted by Crippen LogP contribution is -2.34. The Morgan fingerprint density at radius 1 is 1.25 bits per heavy atom. The Morgan fingerprint density at radius 2 is 2.04 bits per heavy atom. The molecule has 144 valence electrons. The van der Waals surface area contributed by atoms with Gasteiger partial charge in [-0.2, -0.15) is 0 Å². The number of aromatic amines is 2. The van der Waals surface area contributed by atoms with Crippen molar-refractivity contribution < 1.29 is 9.59 Å². The third kappa shape index (κ3) is 3.13. The average molecular weight is 443 g/mol. The van der Waals surface area contributed by atoms with Crippen molar-refractivity contribution in [2.24, 2.45) is 5.73 Å². The molecule has 8 heteroatoms. The number of carbonyl (C=O) groups is 2. The molecule has 2 heterocycles. The van der Waals surface area contributed by atoms with Crippen LogP contribution in [0.4, 0.5) is 0 Å². The SMILES string of the molecule is Cc1c(Br)ccc2[nH]c(C(=O)NC3CCCc4[nH]c(=O)c(C(N)=O)cc43)cc12. The van der Waals surface area contributed by atoms with Gasteiger partial charge in [0.25, 0.3) is 17.4 Å². The Morgan fingerprint density at radius 3 is 2.79 bits per heavy atom. The van der Waals surface area contributed by atoms with Crippen LogP contribution in [0.25, 0.3) is 10.9 Å². The number of halogens is 1. The molecule has 0 saturated heterocycles. The first-order valence-electron chi connectivity index (χ1n) is 8.99. The van der Waals surface area contributed by atoms with Crippen LogP contribution in [0.5, 0.6) is 0 Å². The Labute approximate surface area is 168 Å². The third-order valence-electron chi connectivity index (χ3n) is 5.27. The molecule has 5 N–H and O–H groups in total. The number of nitrogens with one attached hydrogen (secondary N) is 3. The van der Waals surface area contributed by atoms with E-state index < -0.39 is 11.5 Å². The average Bonchev–Trinajstić information content (AvgIpc) is 3.09. The van der Waals surface area contributed by atoms with Crippen LogP contribution in [0.15, 0.2) is 33.5 Å². The van der Waals surface area contributed by atoms with Crippen LogP contribution in [0, 0.1) is 6.92 Å². The van der Waals surface area contributed by atoms with Gasteiger partial charge in [0, 0.05) is 21.1 Å². The number of aromatic nitrogens is 2. The first kappa shape index (κ1) is 18.5. The van der Waals surface area contributed by atoms with Crippen LogP contribution in [-0.4, -0.2) is 21.8 Å². The molecule has 0 aliphatic heterocycles. The van der Waals surface area contributed by atoms with Crippen molar-refractivity contribution in [3.63, 3.8) is 0 Å². The number of hydrogen-bond donors (Lipinski definition) is 4. The van der Waals surface area contributed by atoms with Gasteiger partial charge in [-0.3, -0.25) is 14.4 Å². The summed E-state index contributed by atoms with van der Waals surface area (Å²) in [7, 11) is 0. The summed E-state index contributed by atoms with van der Waals surface area (Å²) in [6, 6.07) is 6.90. The maximum absolute atomic E-state index is 12.9. The molecule has 1 aliphatic rings. The molecule has 0 spiro atoms. The lowest BCUT2D eigenvalue weighted by molar-refractivity contribution is 0.0928. The zero-order valence-electron chi connectivity index (χ0n) is 15.2. The van der Waals surface area contributed by atoms with Crippen molar-refractivity contribution in [1.82, 2.24) is 15.3 Å². The number of amides is 2. The summed E-state index contributed by atoms with van der Waals surface area (Å²) in [4.78, 5) is 42.3. The zero-order valence-corrected chi connectivity index (χ0v) is 16.8. The highest BCUT2D eigenvalue weighted by Gasteiger charge is 2.25. The third-order valence-corrected chi connectivity index (χ3v) is 6.13. The van der Waals surface area contributed by atoms with E-state index in [9.17, 15) is 14.4 Å². The summed E-state index contributed by atoms with van der Waals surface area (Å²) >= 11 is 3.50. The molecular formula is C20H19BrN4O3. The fourth-order valence-corrected chi connectivity index (χ4v) is 4.10. The van der Waals surface area contributed by atoms with E-state index in [4.69, 9.17) is 5.73 Å². The van der Waals surface area contributed by atoms with E-state index in [1.807, 2.05) is 25.1 Å². The van der Waals surface area contributed by atoms with E-state index in [1.54, 1.807) is 0 Å². The maximum Gasteiger partial charge on any atom is 0.268 e. The summed E-state index contributed by atoms with van der Waals surface area (Å²) in [5.41, 5.74) is 8.60. The highest BCUT2D eigenvalue weighted by Crippen LogP contribution is 2.30. The summed E-state index contributed by atoms with van der Waals surface area (Å²) in [5.74, 6) is -1.02. The standard InChI is InChI=1S/C20H19BrN4O3/c1-9-10-8-17(23-16(10)6-5-13(9)21)20(28)25-15-4-2-3-14-11(15)7-12(18(22)26)19(27)24-14/h5-8,15,23H,2-4H2,1H3,(H2,22,26)(H,24,27)(H,25,28). The first-order chi connectivity index (χ1) is 13.3. The van der Waals surface area contributed by atoms with Crippen molar-refractivity contribution in [2.45, 2.75) is 32.2 Å². The quantitative estimate of drug-likeness (QED) is 0.498. The number of nitrogens with two attached hydrogens (primary N) is 1. The predicted octanol–water partition coefficient (Wildman–Crippen LogP) is 2.83. The van der Waals surface area contributed by atoms with Crippen molar-refractivity contribution >= 4 is 38.6 Å². The summed E-state index contributed by atoms with van der Waals surface area (Å²) in [5, 5.41) is 3.99. The Hall–Kier alpha value is -2.87. The molecule has 28 heavy (non-hydrogen) atoms. The van der Waals surface area contributed by atoms with E-state index in [0.717, 1.165) is 38.6 Å². The molecule has 1 aliphatic carbocycles. The van der Waals surface area contributed by atoms with Crippen LogP contribution in [0.2, 0.25) is 0 Å². The number of carbonyl (C=O) groups excluding carboxylic acids is 2. The van der Waals surface area contributed by atoms with Crippen molar-refractivity contribution in [3.05, 3.63) is 67.2 Å². The Kier molecular flexibility index (Phi) is 4.58. The van der Waals surface area contributed by atoms with Crippen molar-refractivity contribution in [2.75, 3.05) is 0 Å². The number of primary amides is 1. The van der Waals surface area contributed by atoms with Crippen LogP contribution in [-0.2, 0) is 6.42 Å². The molecule has 0 saturated carbocycles. The molecule has 0 bridgehead atoms. The van der Waals surface area contributed by atoms with E-state index >= 15 is 0 Å². The number of pyridine rings is 1. The number of hydrogen-bond acceptors (Lipinski definition) is 3. The van der Waals surface area contributed by atoms with Crippen LogP contribution in [0.1, 0.15) is 56.6 Å². The van der Waals surface area contributed by atoms with E-state index in [0.29, 0.717) is 18.5 Å². The van der Waals surface area contributed by atoms with Gasteiger partial charge in [0.1, 0.15) is 11.3 Å². The molecule has 1 unspecified atom stereocenters. The second kappa shape index (κ2) is 6.94. The largest absolute Gasteiger partial charge is 0.365 e. The predicted molar refractivity (Wildman–Crippen MR) is 109 cm³/mol. The number of rotatable bonds is 3. The van der Waals surface area contributed by atoms with Gasteiger partial charge in [-0.25, -0.2) is 0 Å². The fraction of sp³-hybridized carbons (Fsp3) is 0.250.